The Balaban J connectivity index is 1.43. The second-order valence-corrected chi connectivity index (χ2v) is 8.81. The molecule has 2 aromatic heterocycles. The topological polar surface area (TPSA) is 108 Å². The molecule has 1 aliphatic rings. The van der Waals surface area contributed by atoms with E-state index in [0.29, 0.717) is 11.4 Å². The normalized spacial score (nSPS) is 13.9. The number of H-pyrrole nitrogens is 1. The number of benzene rings is 2. The van der Waals surface area contributed by atoms with Crippen LogP contribution in [-0.2, 0) is 0 Å². The van der Waals surface area contributed by atoms with Crippen molar-refractivity contribution in [2.24, 2.45) is 5.73 Å². The first-order chi connectivity index (χ1) is 17.4. The van der Waals surface area contributed by atoms with Crippen LogP contribution in [0, 0.1) is 5.82 Å². The summed E-state index contributed by atoms with van der Waals surface area (Å²) >= 11 is 0. The van der Waals surface area contributed by atoms with E-state index in [2.05, 4.69) is 44.7 Å². The number of carbonyl (C=O) groups is 1. The van der Waals surface area contributed by atoms with E-state index < -0.39 is 11.7 Å². The number of nitrogens with zero attached hydrogens (tertiary/aromatic N) is 2. The maximum Gasteiger partial charge on any atom is 0.250 e. The third kappa shape index (κ3) is 4.73. The molecule has 0 aliphatic carbocycles. The van der Waals surface area contributed by atoms with Crippen molar-refractivity contribution in [3.05, 3.63) is 77.9 Å². The Hall–Kier alpha value is -4.37. The minimum absolute atomic E-state index is 0.0602. The molecule has 0 fully saturated rings. The van der Waals surface area contributed by atoms with Gasteiger partial charge in [-0.1, -0.05) is 12.1 Å². The molecule has 1 amide bonds. The van der Waals surface area contributed by atoms with E-state index in [1.54, 1.807) is 19.5 Å². The Kier molecular flexibility index (Phi) is 6.30. The molecule has 9 heteroatoms. The highest BCUT2D eigenvalue weighted by molar-refractivity contribution is 6.02. The predicted molar refractivity (Wildman–Crippen MR) is 141 cm³/mol. The van der Waals surface area contributed by atoms with Crippen LogP contribution in [-0.4, -0.2) is 48.0 Å². The summed E-state index contributed by atoms with van der Waals surface area (Å²) in [6, 6.07) is 11.9. The first kappa shape index (κ1) is 23.4. The van der Waals surface area contributed by atoms with Gasteiger partial charge < -0.3 is 31.0 Å². The fourth-order valence-corrected chi connectivity index (χ4v) is 4.43. The molecule has 0 saturated carbocycles. The number of ether oxygens (including phenoxy) is 1. The lowest BCUT2D eigenvalue weighted by molar-refractivity contribution is 0.100. The molecule has 0 bridgehead atoms. The zero-order chi connectivity index (χ0) is 25.2. The molecule has 2 aromatic carbocycles. The second kappa shape index (κ2) is 9.71. The largest absolute Gasteiger partial charge is 0.495 e. The number of methoxy groups -OCH3 is 1. The van der Waals surface area contributed by atoms with Crippen molar-refractivity contribution in [3.63, 3.8) is 0 Å². The Morgan fingerprint density at radius 2 is 1.94 bits per heavy atom. The number of amides is 1. The minimum Gasteiger partial charge on any atom is -0.495 e. The third-order valence-electron chi connectivity index (χ3n) is 6.25. The average molecular weight is 487 g/mol. The van der Waals surface area contributed by atoms with Crippen LogP contribution in [0.4, 0.5) is 27.3 Å². The van der Waals surface area contributed by atoms with Gasteiger partial charge in [0.1, 0.15) is 17.4 Å². The summed E-state index contributed by atoms with van der Waals surface area (Å²) in [6.45, 7) is 1.98. The zero-order valence-corrected chi connectivity index (χ0v) is 20.1. The molecule has 4 aromatic rings. The number of hydrogen-bond donors (Lipinski definition) is 4. The monoisotopic (exact) mass is 486 g/mol. The number of nitrogens with one attached hydrogen (secondary N) is 3. The first-order valence-electron chi connectivity index (χ1n) is 11.6. The summed E-state index contributed by atoms with van der Waals surface area (Å²) in [7, 11) is 3.78. The van der Waals surface area contributed by atoms with Crippen molar-refractivity contribution >= 4 is 45.3 Å². The molecule has 5 N–H and O–H groups in total. The number of likely N-dealkylation sites (N-methyl/N-ethyl adjacent to an activating group) is 1. The molecule has 184 valence electrons. The van der Waals surface area contributed by atoms with Crippen LogP contribution in [0.15, 0.2) is 60.9 Å². The van der Waals surface area contributed by atoms with Crippen molar-refractivity contribution < 1.29 is 13.9 Å². The zero-order valence-electron chi connectivity index (χ0n) is 20.1. The quantitative estimate of drug-likeness (QED) is 0.292. The highest BCUT2D eigenvalue weighted by Gasteiger charge is 2.15. The molecule has 0 spiro atoms. The molecular weight excluding hydrogens is 459 g/mol. The minimum atomic E-state index is -0.722. The molecular formula is C27H27FN6O2. The van der Waals surface area contributed by atoms with Gasteiger partial charge in [-0.05, 0) is 61.0 Å². The summed E-state index contributed by atoms with van der Waals surface area (Å²) in [5.41, 5.74) is 10.6. The Morgan fingerprint density at radius 3 is 2.72 bits per heavy atom. The smallest absolute Gasteiger partial charge is 0.250 e. The number of primary amides is 1. The number of aromatic amines is 1. The molecule has 0 atom stereocenters. The summed E-state index contributed by atoms with van der Waals surface area (Å²) in [5, 5.41) is 7.38. The summed E-state index contributed by atoms with van der Waals surface area (Å²) in [4.78, 5) is 21.7. The van der Waals surface area contributed by atoms with Gasteiger partial charge >= 0.3 is 0 Å². The van der Waals surface area contributed by atoms with Crippen LogP contribution in [0.3, 0.4) is 0 Å². The van der Waals surface area contributed by atoms with Gasteiger partial charge in [0.25, 0.3) is 5.91 Å². The molecule has 8 nitrogen and oxygen atoms in total. The van der Waals surface area contributed by atoms with E-state index in [-0.39, 0.29) is 5.56 Å². The van der Waals surface area contributed by atoms with Gasteiger partial charge in [0.15, 0.2) is 0 Å². The van der Waals surface area contributed by atoms with Crippen LogP contribution >= 0.6 is 0 Å². The number of pyridine rings is 1. The average Bonchev–Trinajstić information content (AvgIpc) is 3.28. The van der Waals surface area contributed by atoms with Gasteiger partial charge in [0, 0.05) is 18.5 Å². The molecule has 3 heterocycles. The molecule has 0 saturated heterocycles. The lowest BCUT2D eigenvalue weighted by atomic mass is 10.0. The van der Waals surface area contributed by atoms with Gasteiger partial charge in [-0.15, -0.1) is 0 Å². The van der Waals surface area contributed by atoms with Crippen molar-refractivity contribution in [1.82, 2.24) is 14.9 Å². The Morgan fingerprint density at radius 1 is 1.11 bits per heavy atom. The SMILES string of the molecule is COc1cc(C2=CCCN(C)C2)ccc1Nc1cc2c(Nc3ccc(F)cc3C(N)=O)cncc2[nH]1. The van der Waals surface area contributed by atoms with E-state index in [1.165, 1.54) is 17.7 Å². The van der Waals surface area contributed by atoms with E-state index >= 15 is 0 Å². The molecule has 0 unspecified atom stereocenters. The highest BCUT2D eigenvalue weighted by atomic mass is 19.1. The van der Waals surface area contributed by atoms with E-state index in [0.717, 1.165) is 59.3 Å². The van der Waals surface area contributed by atoms with Crippen LogP contribution < -0.4 is 21.1 Å². The lowest BCUT2D eigenvalue weighted by Crippen LogP contribution is -2.24. The Bertz CT molecular complexity index is 1480. The number of carbonyl (C=O) groups excluding carboxylic acids is 1. The molecule has 5 rings (SSSR count). The number of aromatic nitrogens is 2. The van der Waals surface area contributed by atoms with Crippen LogP contribution in [0.2, 0.25) is 0 Å². The van der Waals surface area contributed by atoms with Crippen molar-refractivity contribution in [2.45, 2.75) is 6.42 Å². The van der Waals surface area contributed by atoms with Gasteiger partial charge in [0.05, 0.1) is 47.6 Å². The number of fused-ring (bicyclic) bond motifs is 1. The van der Waals surface area contributed by atoms with E-state index in [4.69, 9.17) is 10.5 Å². The molecule has 0 radical (unpaired) electrons. The standard InChI is InChI=1S/C27H27FN6O2/c1-34-9-3-4-17(15-34)16-5-7-22(25(10-16)36-2)32-26-12-19-23(13-30-14-24(19)33-26)31-21-8-6-18(28)11-20(21)27(29)35/h4-8,10-14,31-33H,3,9,15H2,1-2H3,(H2,29,35). The van der Waals surface area contributed by atoms with Crippen LogP contribution in [0.25, 0.3) is 16.5 Å². The summed E-state index contributed by atoms with van der Waals surface area (Å²) < 4.78 is 19.3. The lowest BCUT2D eigenvalue weighted by Gasteiger charge is -2.23. The van der Waals surface area contributed by atoms with Crippen molar-refractivity contribution in [2.75, 3.05) is 37.9 Å². The fourth-order valence-electron chi connectivity index (χ4n) is 4.43. The number of nitrogens with two attached hydrogens (primary N) is 1. The van der Waals surface area contributed by atoms with Gasteiger partial charge in [-0.25, -0.2) is 4.39 Å². The maximum absolute atomic E-state index is 13.6. The van der Waals surface area contributed by atoms with Crippen LogP contribution in [0.1, 0.15) is 22.3 Å². The molecule has 36 heavy (non-hydrogen) atoms. The first-order valence-corrected chi connectivity index (χ1v) is 11.6. The van der Waals surface area contributed by atoms with Crippen LogP contribution in [0.5, 0.6) is 5.75 Å². The number of anilines is 4. The number of hydrogen-bond acceptors (Lipinski definition) is 6. The van der Waals surface area contributed by atoms with E-state index in [9.17, 15) is 9.18 Å². The van der Waals surface area contributed by atoms with Gasteiger partial charge in [-0.3, -0.25) is 9.78 Å². The third-order valence-corrected chi connectivity index (χ3v) is 6.25. The number of halogens is 1. The van der Waals surface area contributed by atoms with E-state index in [1.807, 2.05) is 18.2 Å². The van der Waals surface area contributed by atoms with Gasteiger partial charge in [0.2, 0.25) is 0 Å². The molecule has 1 aliphatic heterocycles. The highest BCUT2D eigenvalue weighted by Crippen LogP contribution is 2.34. The maximum atomic E-state index is 13.6. The summed E-state index contributed by atoms with van der Waals surface area (Å²) in [5.74, 6) is 0.206. The fraction of sp³-hybridized carbons (Fsp3) is 0.185. The van der Waals surface area contributed by atoms with Crippen molar-refractivity contribution in [1.29, 1.82) is 0 Å². The van der Waals surface area contributed by atoms with Gasteiger partial charge in [-0.2, -0.15) is 0 Å². The Labute approximate surface area is 208 Å². The van der Waals surface area contributed by atoms with Crippen molar-refractivity contribution in [3.8, 4) is 5.75 Å². The second-order valence-electron chi connectivity index (χ2n) is 8.81. The summed E-state index contributed by atoms with van der Waals surface area (Å²) in [6.07, 6.45) is 6.66. The number of rotatable bonds is 7. The predicted octanol–water partition coefficient (Wildman–Crippen LogP) is 5.02.